The number of nitrogens with zero attached hydrogens (tertiary/aromatic N) is 2. The highest BCUT2D eigenvalue weighted by Gasteiger charge is 2.71. The van der Waals surface area contributed by atoms with E-state index in [0.717, 1.165) is 10.0 Å². The van der Waals surface area contributed by atoms with Gasteiger partial charge in [0, 0.05) is 51.8 Å². The smallest absolute Gasteiger partial charge is 0.269 e. The molecule has 3 aliphatic heterocycles. The lowest BCUT2D eigenvalue weighted by atomic mass is 9.69. The van der Waals surface area contributed by atoms with Gasteiger partial charge in [-0.3, -0.25) is 29.9 Å². The highest BCUT2D eigenvalue weighted by atomic mass is 79.9. The third-order valence-electron chi connectivity index (χ3n) is 7.41. The second kappa shape index (κ2) is 8.07. The van der Waals surface area contributed by atoms with Gasteiger partial charge in [0.2, 0.25) is 5.91 Å². The number of halogens is 1. The van der Waals surface area contributed by atoms with Crippen molar-refractivity contribution in [1.29, 1.82) is 0 Å². The summed E-state index contributed by atoms with van der Waals surface area (Å²) in [5.41, 5.74) is 3.54. The highest BCUT2D eigenvalue weighted by Crippen LogP contribution is 2.59. The number of carbonyl (C=O) groups is 3. The van der Waals surface area contributed by atoms with E-state index < -0.39 is 34.2 Å². The molecule has 10 heteroatoms. The number of benzene rings is 3. The molecule has 0 aliphatic carbocycles. The van der Waals surface area contributed by atoms with Crippen molar-refractivity contribution in [3.8, 4) is 0 Å². The van der Waals surface area contributed by atoms with Crippen LogP contribution in [-0.2, 0) is 15.1 Å². The molecule has 0 bridgehead atoms. The van der Waals surface area contributed by atoms with Gasteiger partial charge < -0.3 is 5.32 Å². The summed E-state index contributed by atoms with van der Waals surface area (Å²) in [5, 5.41) is 15.7. The van der Waals surface area contributed by atoms with Crippen molar-refractivity contribution >= 4 is 44.9 Å². The summed E-state index contributed by atoms with van der Waals surface area (Å²) >= 11 is 3.45. The zero-order valence-electron chi connectivity index (χ0n) is 18.7. The Bertz CT molecular complexity index is 1440. The third-order valence-corrected chi connectivity index (χ3v) is 7.94. The van der Waals surface area contributed by atoms with Gasteiger partial charge in [-0.2, -0.15) is 5.01 Å². The van der Waals surface area contributed by atoms with E-state index >= 15 is 0 Å². The Balaban J connectivity index is 1.59. The number of nitrogens with one attached hydrogen (secondary N) is 2. The minimum Gasteiger partial charge on any atom is -0.324 e. The summed E-state index contributed by atoms with van der Waals surface area (Å²) in [4.78, 5) is 51.5. The predicted molar refractivity (Wildman–Crippen MR) is 133 cm³/mol. The SMILES string of the molecule is O=C1C[C@H]2[C@H](c3ccc(Br)cc3)[C@@H](C(=O)c3ccc([N+](=O)[O-])cc3)[C@]3(C(=O)Nc4ccccc43)N2N1. The molecule has 6 rings (SSSR count). The molecule has 3 aromatic carbocycles. The molecular formula is C26H19BrN4O5. The standard InChI is InChI=1S/C26H19BrN4O5/c27-16-9-5-14(6-10-16)22-20-13-21(32)29-30(20)26(18-3-1-2-4-19(18)28-25(26)34)23(22)24(33)15-7-11-17(12-8-15)31(35)36/h1-12,20,22-23H,13H2,(H,28,34)(H,29,32)/t20-,22-,23-,26+/m0/s1. The molecule has 0 aromatic heterocycles. The van der Waals surface area contributed by atoms with Crippen LogP contribution in [-0.4, -0.2) is 33.6 Å². The molecule has 0 saturated carbocycles. The van der Waals surface area contributed by atoms with E-state index in [4.69, 9.17) is 0 Å². The summed E-state index contributed by atoms with van der Waals surface area (Å²) in [5.74, 6) is -2.35. The van der Waals surface area contributed by atoms with Crippen LogP contribution >= 0.6 is 15.9 Å². The average Bonchev–Trinajstić information content (AvgIpc) is 3.48. The molecule has 0 radical (unpaired) electrons. The molecule has 36 heavy (non-hydrogen) atoms. The Kier molecular flexibility index (Phi) is 5.06. The fraction of sp³-hybridized carbons (Fsp3) is 0.192. The lowest BCUT2D eigenvalue weighted by Gasteiger charge is -2.36. The third kappa shape index (κ3) is 3.07. The fourth-order valence-electron chi connectivity index (χ4n) is 6.00. The Morgan fingerprint density at radius 1 is 1.03 bits per heavy atom. The van der Waals surface area contributed by atoms with Gasteiger partial charge in [-0.25, -0.2) is 0 Å². The molecule has 1 spiro atoms. The Morgan fingerprint density at radius 2 is 1.72 bits per heavy atom. The van der Waals surface area contributed by atoms with Crippen LogP contribution in [0.1, 0.15) is 33.8 Å². The summed E-state index contributed by atoms with van der Waals surface area (Å²) < 4.78 is 0.860. The van der Waals surface area contributed by atoms with Gasteiger partial charge in [0.05, 0.1) is 10.8 Å². The molecule has 2 N–H and O–H groups in total. The Labute approximate surface area is 213 Å². The number of Topliss-reactive ketones (excluding diaryl/α,β-unsaturated/α-hetero) is 1. The number of rotatable bonds is 4. The number of para-hydroxylation sites is 1. The number of anilines is 1. The summed E-state index contributed by atoms with van der Waals surface area (Å²) in [7, 11) is 0. The maximum Gasteiger partial charge on any atom is 0.269 e. The van der Waals surface area contributed by atoms with Crippen molar-refractivity contribution in [2.45, 2.75) is 23.9 Å². The number of ketones is 1. The largest absolute Gasteiger partial charge is 0.324 e. The van der Waals surface area contributed by atoms with Crippen LogP contribution in [0.15, 0.2) is 77.3 Å². The first-order chi connectivity index (χ1) is 17.3. The van der Waals surface area contributed by atoms with Gasteiger partial charge in [-0.05, 0) is 35.9 Å². The number of carbonyl (C=O) groups excluding carboxylic acids is 3. The maximum atomic E-state index is 14.3. The van der Waals surface area contributed by atoms with Gasteiger partial charge >= 0.3 is 0 Å². The zero-order valence-corrected chi connectivity index (χ0v) is 20.3. The van der Waals surface area contributed by atoms with E-state index in [0.29, 0.717) is 11.3 Å². The van der Waals surface area contributed by atoms with Crippen LogP contribution in [0.3, 0.4) is 0 Å². The van der Waals surface area contributed by atoms with Crippen molar-refractivity contribution in [2.24, 2.45) is 5.92 Å². The molecule has 4 atom stereocenters. The first kappa shape index (κ1) is 22.6. The van der Waals surface area contributed by atoms with E-state index in [1.807, 2.05) is 24.3 Å². The minimum absolute atomic E-state index is 0.127. The molecule has 0 unspecified atom stereocenters. The topological polar surface area (TPSA) is 122 Å². The molecule has 2 fully saturated rings. The van der Waals surface area contributed by atoms with Crippen molar-refractivity contribution in [1.82, 2.24) is 10.4 Å². The quantitative estimate of drug-likeness (QED) is 0.290. The van der Waals surface area contributed by atoms with E-state index in [1.54, 1.807) is 29.3 Å². The zero-order chi connectivity index (χ0) is 25.2. The highest BCUT2D eigenvalue weighted by molar-refractivity contribution is 9.10. The molecule has 3 heterocycles. The monoisotopic (exact) mass is 546 g/mol. The molecular weight excluding hydrogens is 528 g/mol. The molecule has 180 valence electrons. The van der Waals surface area contributed by atoms with E-state index in [1.165, 1.54) is 24.3 Å². The summed E-state index contributed by atoms with van der Waals surface area (Å²) in [6, 6.07) is 19.7. The van der Waals surface area contributed by atoms with Crippen LogP contribution in [0.2, 0.25) is 0 Å². The first-order valence-electron chi connectivity index (χ1n) is 11.4. The maximum absolute atomic E-state index is 14.3. The van der Waals surface area contributed by atoms with E-state index in [9.17, 15) is 24.5 Å². The van der Waals surface area contributed by atoms with Crippen LogP contribution in [0.25, 0.3) is 0 Å². The van der Waals surface area contributed by atoms with Crippen molar-refractivity contribution in [3.05, 3.63) is 104 Å². The van der Waals surface area contributed by atoms with Gasteiger partial charge in [-0.15, -0.1) is 0 Å². The van der Waals surface area contributed by atoms with E-state index in [2.05, 4.69) is 26.7 Å². The number of hydrogen-bond donors (Lipinski definition) is 2. The number of hydrazine groups is 1. The number of fused-ring (bicyclic) bond motifs is 4. The molecule has 3 aromatic rings. The van der Waals surface area contributed by atoms with Crippen LogP contribution < -0.4 is 10.7 Å². The van der Waals surface area contributed by atoms with Gasteiger partial charge in [-0.1, -0.05) is 46.3 Å². The first-order valence-corrected chi connectivity index (χ1v) is 12.2. The van der Waals surface area contributed by atoms with Gasteiger partial charge in [0.15, 0.2) is 11.3 Å². The number of non-ortho nitro benzene ring substituents is 1. The lowest BCUT2D eigenvalue weighted by molar-refractivity contribution is -0.384. The second-order valence-electron chi connectivity index (χ2n) is 9.17. The molecule has 3 aliphatic rings. The van der Waals surface area contributed by atoms with Gasteiger partial charge in [0.1, 0.15) is 0 Å². The fourth-order valence-corrected chi connectivity index (χ4v) is 6.27. The van der Waals surface area contributed by atoms with Crippen LogP contribution in [0, 0.1) is 16.0 Å². The predicted octanol–water partition coefficient (Wildman–Crippen LogP) is 3.91. The van der Waals surface area contributed by atoms with Crippen molar-refractivity contribution < 1.29 is 19.3 Å². The van der Waals surface area contributed by atoms with Crippen molar-refractivity contribution in [2.75, 3.05) is 5.32 Å². The lowest BCUT2D eigenvalue weighted by Crippen LogP contribution is -2.57. The number of hydrogen-bond acceptors (Lipinski definition) is 6. The molecule has 2 amide bonds. The summed E-state index contributed by atoms with van der Waals surface area (Å²) in [6.45, 7) is 0. The van der Waals surface area contributed by atoms with E-state index in [-0.39, 0.29) is 29.4 Å². The Morgan fingerprint density at radius 3 is 2.42 bits per heavy atom. The van der Waals surface area contributed by atoms with Gasteiger partial charge in [0.25, 0.3) is 11.6 Å². The number of nitro groups is 1. The second-order valence-corrected chi connectivity index (χ2v) is 10.1. The van der Waals surface area contributed by atoms with Crippen LogP contribution in [0.4, 0.5) is 11.4 Å². The normalized spacial score (nSPS) is 26.4. The number of amides is 2. The number of nitro benzene ring substituents is 1. The van der Waals surface area contributed by atoms with Crippen molar-refractivity contribution in [3.63, 3.8) is 0 Å². The molecule has 9 nitrogen and oxygen atoms in total. The van der Waals surface area contributed by atoms with Crippen LogP contribution in [0.5, 0.6) is 0 Å². The average molecular weight is 547 g/mol. The minimum atomic E-state index is -1.48. The molecule has 2 saturated heterocycles. The summed E-state index contributed by atoms with van der Waals surface area (Å²) in [6.07, 6.45) is 0.127. The Hall–Kier alpha value is -3.89.